The molecule has 1 fully saturated rings. The zero-order valence-corrected chi connectivity index (χ0v) is 14.2. The van der Waals surface area contributed by atoms with Crippen LogP contribution in [0.3, 0.4) is 0 Å². The van der Waals surface area contributed by atoms with E-state index in [2.05, 4.69) is 36.7 Å². The maximum absolute atomic E-state index is 14.0. The van der Waals surface area contributed by atoms with E-state index in [1.807, 2.05) is 6.07 Å². The monoisotopic (exact) mass is 341 g/mol. The second kappa shape index (κ2) is 6.15. The molecule has 0 heterocycles. The molecule has 0 saturated heterocycles. The predicted molar refractivity (Wildman–Crippen MR) is 86.1 cm³/mol. The molecular formula is C17H25BrFN. The second-order valence-corrected chi connectivity index (χ2v) is 8.01. The van der Waals surface area contributed by atoms with Crippen molar-refractivity contribution in [3.8, 4) is 0 Å². The summed E-state index contributed by atoms with van der Waals surface area (Å²) in [6.45, 7) is 6.73. The van der Waals surface area contributed by atoms with Crippen LogP contribution >= 0.6 is 15.9 Å². The Morgan fingerprint density at radius 2 is 2.05 bits per heavy atom. The van der Waals surface area contributed by atoms with Gasteiger partial charge in [-0.3, -0.25) is 0 Å². The van der Waals surface area contributed by atoms with E-state index in [1.54, 1.807) is 12.1 Å². The van der Waals surface area contributed by atoms with E-state index >= 15 is 0 Å². The van der Waals surface area contributed by atoms with Crippen LogP contribution in [0.1, 0.15) is 45.6 Å². The molecule has 3 heteroatoms. The molecular weight excluding hydrogens is 317 g/mol. The number of rotatable bonds is 3. The second-order valence-electron chi connectivity index (χ2n) is 7.09. The topological polar surface area (TPSA) is 26.0 Å². The molecule has 0 amide bonds. The Morgan fingerprint density at radius 3 is 2.70 bits per heavy atom. The highest BCUT2D eigenvalue weighted by Gasteiger charge is 2.37. The van der Waals surface area contributed by atoms with E-state index in [0.717, 1.165) is 35.2 Å². The van der Waals surface area contributed by atoms with Crippen LogP contribution in [0.2, 0.25) is 0 Å². The summed E-state index contributed by atoms with van der Waals surface area (Å²) < 4.78 is 14.9. The number of nitrogens with two attached hydrogens (primary N) is 1. The number of halogens is 2. The fourth-order valence-corrected chi connectivity index (χ4v) is 4.10. The van der Waals surface area contributed by atoms with Gasteiger partial charge >= 0.3 is 0 Å². The summed E-state index contributed by atoms with van der Waals surface area (Å²) in [4.78, 5) is 0. The first-order chi connectivity index (χ1) is 9.29. The third-order valence-corrected chi connectivity index (χ3v) is 5.31. The summed E-state index contributed by atoms with van der Waals surface area (Å²) in [5.74, 6) is 1.08. The number of hydrogen-bond acceptors (Lipinski definition) is 1. The largest absolute Gasteiger partial charge is 0.327 e. The average molecular weight is 342 g/mol. The van der Waals surface area contributed by atoms with Crippen molar-refractivity contribution in [1.82, 2.24) is 0 Å². The molecule has 3 atom stereocenters. The fourth-order valence-electron chi connectivity index (χ4n) is 3.70. The van der Waals surface area contributed by atoms with Gasteiger partial charge in [0.05, 0.1) is 0 Å². The lowest BCUT2D eigenvalue weighted by atomic mass is 9.64. The van der Waals surface area contributed by atoms with Crippen LogP contribution in [-0.2, 0) is 6.42 Å². The van der Waals surface area contributed by atoms with Crippen LogP contribution in [0.25, 0.3) is 0 Å². The van der Waals surface area contributed by atoms with Crippen molar-refractivity contribution >= 4 is 15.9 Å². The molecule has 1 aliphatic carbocycles. The van der Waals surface area contributed by atoms with Crippen LogP contribution in [0.5, 0.6) is 0 Å². The molecule has 0 radical (unpaired) electrons. The highest BCUT2D eigenvalue weighted by Crippen LogP contribution is 2.42. The fraction of sp³-hybridized carbons (Fsp3) is 0.647. The Balaban J connectivity index is 2.16. The normalized spacial score (nSPS) is 27.6. The quantitative estimate of drug-likeness (QED) is 0.829. The summed E-state index contributed by atoms with van der Waals surface area (Å²) in [6.07, 6.45) is 4.23. The lowest BCUT2D eigenvalue weighted by molar-refractivity contribution is 0.112. The van der Waals surface area contributed by atoms with Crippen LogP contribution < -0.4 is 5.73 Å². The van der Waals surface area contributed by atoms with Crippen LogP contribution in [0.4, 0.5) is 4.39 Å². The molecule has 112 valence electrons. The van der Waals surface area contributed by atoms with Crippen LogP contribution in [0.15, 0.2) is 22.7 Å². The summed E-state index contributed by atoms with van der Waals surface area (Å²) >= 11 is 3.43. The van der Waals surface area contributed by atoms with Crippen molar-refractivity contribution in [2.75, 3.05) is 0 Å². The molecule has 0 bridgehead atoms. The number of hydrogen-bond donors (Lipinski definition) is 1. The zero-order valence-electron chi connectivity index (χ0n) is 12.6. The van der Waals surface area contributed by atoms with E-state index in [-0.39, 0.29) is 17.3 Å². The molecule has 20 heavy (non-hydrogen) atoms. The average Bonchev–Trinajstić information content (AvgIpc) is 2.33. The van der Waals surface area contributed by atoms with Gasteiger partial charge < -0.3 is 5.73 Å². The third kappa shape index (κ3) is 3.62. The highest BCUT2D eigenvalue weighted by molar-refractivity contribution is 9.10. The lowest BCUT2D eigenvalue weighted by Crippen LogP contribution is -2.44. The minimum Gasteiger partial charge on any atom is -0.327 e. The highest BCUT2D eigenvalue weighted by atomic mass is 79.9. The molecule has 0 spiro atoms. The van der Waals surface area contributed by atoms with Crippen LogP contribution in [-0.4, -0.2) is 6.04 Å². The SMILES string of the molecule is CC1CCC(C(C)(C)Cc2cc(Br)ccc2F)C(N)C1. The molecule has 1 aliphatic rings. The lowest BCUT2D eigenvalue weighted by Gasteiger charge is -2.43. The minimum atomic E-state index is -0.112. The molecule has 3 unspecified atom stereocenters. The van der Waals surface area contributed by atoms with Crippen molar-refractivity contribution in [3.05, 3.63) is 34.1 Å². The molecule has 1 aromatic rings. The summed E-state index contributed by atoms with van der Waals surface area (Å²) in [5.41, 5.74) is 7.19. The summed E-state index contributed by atoms with van der Waals surface area (Å²) in [6, 6.07) is 5.43. The maximum atomic E-state index is 14.0. The Kier molecular flexibility index (Phi) is 4.91. The van der Waals surface area contributed by atoms with Gasteiger partial charge in [-0.15, -0.1) is 0 Å². The molecule has 2 rings (SSSR count). The number of benzene rings is 1. The van der Waals surface area contributed by atoms with Gasteiger partial charge in [0.2, 0.25) is 0 Å². The van der Waals surface area contributed by atoms with Gasteiger partial charge in [-0.2, -0.15) is 0 Å². The molecule has 1 nitrogen and oxygen atoms in total. The smallest absolute Gasteiger partial charge is 0.126 e. The van der Waals surface area contributed by atoms with Crippen molar-refractivity contribution in [3.63, 3.8) is 0 Å². The molecule has 0 aliphatic heterocycles. The van der Waals surface area contributed by atoms with Gasteiger partial charge in [0.15, 0.2) is 0 Å². The Bertz CT molecular complexity index is 472. The van der Waals surface area contributed by atoms with Crippen LogP contribution in [0, 0.1) is 23.1 Å². The van der Waals surface area contributed by atoms with Gasteiger partial charge in [0.1, 0.15) is 5.82 Å². The predicted octanol–water partition coefficient (Wildman–Crippen LogP) is 4.92. The Labute approximate surface area is 130 Å². The van der Waals surface area contributed by atoms with E-state index in [1.165, 1.54) is 6.42 Å². The Morgan fingerprint density at radius 1 is 1.35 bits per heavy atom. The maximum Gasteiger partial charge on any atom is 0.126 e. The van der Waals surface area contributed by atoms with Crippen molar-refractivity contribution in [2.45, 2.75) is 52.5 Å². The molecule has 0 aromatic heterocycles. The van der Waals surface area contributed by atoms with Gasteiger partial charge in [-0.1, -0.05) is 43.1 Å². The van der Waals surface area contributed by atoms with Crippen molar-refractivity contribution in [2.24, 2.45) is 23.0 Å². The Hall–Kier alpha value is -0.410. The molecule has 2 N–H and O–H groups in total. The van der Waals surface area contributed by atoms with Crippen molar-refractivity contribution in [1.29, 1.82) is 0 Å². The van der Waals surface area contributed by atoms with Gasteiger partial charge in [0, 0.05) is 10.5 Å². The van der Waals surface area contributed by atoms with Gasteiger partial charge in [0.25, 0.3) is 0 Å². The molecule has 1 aromatic carbocycles. The van der Waals surface area contributed by atoms with Gasteiger partial charge in [-0.05, 0) is 60.3 Å². The molecule has 1 saturated carbocycles. The zero-order chi connectivity index (χ0) is 14.9. The minimum absolute atomic E-state index is 0.0290. The first kappa shape index (κ1) is 16.0. The first-order valence-corrected chi connectivity index (χ1v) is 8.28. The van der Waals surface area contributed by atoms with E-state index in [9.17, 15) is 4.39 Å². The third-order valence-electron chi connectivity index (χ3n) is 4.82. The van der Waals surface area contributed by atoms with Gasteiger partial charge in [-0.25, -0.2) is 4.39 Å². The summed E-state index contributed by atoms with van der Waals surface area (Å²) in [7, 11) is 0. The van der Waals surface area contributed by atoms with E-state index in [0.29, 0.717) is 5.92 Å². The standard InChI is InChI=1S/C17H25BrFN/c1-11-4-6-14(16(20)8-11)17(2,3)10-12-9-13(18)5-7-15(12)19/h5,7,9,11,14,16H,4,6,8,10,20H2,1-3H3. The first-order valence-electron chi connectivity index (χ1n) is 7.49. The van der Waals surface area contributed by atoms with Crippen molar-refractivity contribution < 1.29 is 4.39 Å². The van der Waals surface area contributed by atoms with E-state index in [4.69, 9.17) is 5.73 Å². The van der Waals surface area contributed by atoms with E-state index < -0.39 is 0 Å². The summed E-state index contributed by atoms with van der Waals surface area (Å²) in [5, 5.41) is 0.